The molecule has 0 unspecified atom stereocenters. The summed E-state index contributed by atoms with van der Waals surface area (Å²) in [7, 11) is 1.96. The van der Waals surface area contributed by atoms with Crippen molar-refractivity contribution in [3.05, 3.63) is 28.2 Å². The van der Waals surface area contributed by atoms with Crippen molar-refractivity contribution in [3.8, 4) is 0 Å². The van der Waals surface area contributed by atoms with Crippen molar-refractivity contribution in [1.82, 2.24) is 5.32 Å². The zero-order valence-electron chi connectivity index (χ0n) is 7.81. The van der Waals surface area contributed by atoms with Gasteiger partial charge in [0.25, 0.3) is 0 Å². The second kappa shape index (κ2) is 5.25. The fourth-order valence-electron chi connectivity index (χ4n) is 1.25. The lowest BCUT2D eigenvalue weighted by Gasteiger charge is -2.05. The molecule has 0 saturated heterocycles. The molecule has 0 bridgehead atoms. The number of benzene rings is 1. The van der Waals surface area contributed by atoms with E-state index in [1.807, 2.05) is 19.2 Å². The van der Waals surface area contributed by atoms with Gasteiger partial charge in [0.1, 0.15) is 0 Å². The Bertz CT molecular complexity index is 274. The summed E-state index contributed by atoms with van der Waals surface area (Å²) in [5.74, 6) is 0. The molecule has 0 aliphatic rings. The van der Waals surface area contributed by atoms with E-state index in [1.54, 1.807) is 0 Å². The van der Waals surface area contributed by atoms with Gasteiger partial charge in [-0.05, 0) is 44.1 Å². The van der Waals surface area contributed by atoms with Crippen LogP contribution in [0.5, 0.6) is 0 Å². The molecule has 3 N–H and O–H groups in total. The number of nitrogens with one attached hydrogen (secondary N) is 1. The average molecular weight is 243 g/mol. The van der Waals surface area contributed by atoms with Gasteiger partial charge in [0.2, 0.25) is 0 Å². The van der Waals surface area contributed by atoms with Crippen LogP contribution in [0.2, 0.25) is 0 Å². The Morgan fingerprint density at radius 1 is 1.46 bits per heavy atom. The second-order valence-electron chi connectivity index (χ2n) is 3.05. The van der Waals surface area contributed by atoms with Crippen LogP contribution in [0.1, 0.15) is 12.0 Å². The van der Waals surface area contributed by atoms with E-state index < -0.39 is 0 Å². The van der Waals surface area contributed by atoms with Gasteiger partial charge in [0.15, 0.2) is 0 Å². The molecule has 1 aromatic rings. The van der Waals surface area contributed by atoms with Crippen molar-refractivity contribution in [3.63, 3.8) is 0 Å². The molecule has 0 aliphatic carbocycles. The summed E-state index contributed by atoms with van der Waals surface area (Å²) >= 11 is 3.39. The Kier molecular flexibility index (Phi) is 4.25. The van der Waals surface area contributed by atoms with Crippen molar-refractivity contribution in [2.75, 3.05) is 19.3 Å². The summed E-state index contributed by atoms with van der Waals surface area (Å²) in [6.45, 7) is 1.04. The minimum atomic E-state index is 0.880. The number of nitrogens with two attached hydrogens (primary N) is 1. The fourth-order valence-corrected chi connectivity index (χ4v) is 1.63. The van der Waals surface area contributed by atoms with Gasteiger partial charge in [-0.25, -0.2) is 0 Å². The third-order valence-electron chi connectivity index (χ3n) is 1.98. The van der Waals surface area contributed by atoms with Crippen LogP contribution in [0.15, 0.2) is 22.7 Å². The van der Waals surface area contributed by atoms with Crippen molar-refractivity contribution in [1.29, 1.82) is 0 Å². The highest BCUT2D eigenvalue weighted by atomic mass is 79.9. The molecule has 0 atom stereocenters. The van der Waals surface area contributed by atoms with Crippen molar-refractivity contribution >= 4 is 21.6 Å². The topological polar surface area (TPSA) is 38.0 Å². The highest BCUT2D eigenvalue weighted by Crippen LogP contribution is 2.19. The minimum Gasteiger partial charge on any atom is -0.398 e. The van der Waals surface area contributed by atoms with Crippen molar-refractivity contribution in [2.24, 2.45) is 0 Å². The van der Waals surface area contributed by atoms with Gasteiger partial charge in [-0.1, -0.05) is 22.0 Å². The lowest BCUT2D eigenvalue weighted by Crippen LogP contribution is -2.08. The Balaban J connectivity index is 2.56. The van der Waals surface area contributed by atoms with Gasteiger partial charge in [0.05, 0.1) is 0 Å². The smallest absolute Gasteiger partial charge is 0.0357 e. The van der Waals surface area contributed by atoms with Crippen LogP contribution < -0.4 is 11.1 Å². The number of aryl methyl sites for hydroxylation is 1. The molecule has 0 radical (unpaired) electrons. The van der Waals surface area contributed by atoms with E-state index in [-0.39, 0.29) is 0 Å². The molecule has 0 heterocycles. The number of hydrogen-bond donors (Lipinski definition) is 2. The predicted molar refractivity (Wildman–Crippen MR) is 60.8 cm³/mol. The molecule has 0 aliphatic heterocycles. The molecule has 0 spiro atoms. The van der Waals surface area contributed by atoms with Gasteiger partial charge >= 0.3 is 0 Å². The van der Waals surface area contributed by atoms with Crippen LogP contribution in [-0.4, -0.2) is 13.6 Å². The van der Waals surface area contributed by atoms with Crippen LogP contribution in [0.4, 0.5) is 5.69 Å². The van der Waals surface area contributed by atoms with E-state index in [9.17, 15) is 0 Å². The highest BCUT2D eigenvalue weighted by Gasteiger charge is 1.98. The molecule has 0 fully saturated rings. The molecular weight excluding hydrogens is 228 g/mol. The lowest BCUT2D eigenvalue weighted by molar-refractivity contribution is 0.725. The van der Waals surface area contributed by atoms with Gasteiger partial charge in [-0.3, -0.25) is 0 Å². The largest absolute Gasteiger partial charge is 0.398 e. The van der Waals surface area contributed by atoms with Crippen LogP contribution in [0, 0.1) is 0 Å². The molecule has 13 heavy (non-hydrogen) atoms. The summed E-state index contributed by atoms with van der Waals surface area (Å²) in [5, 5.41) is 3.12. The summed E-state index contributed by atoms with van der Waals surface area (Å²) in [6, 6.07) is 6.06. The van der Waals surface area contributed by atoms with E-state index in [0.717, 1.165) is 29.5 Å². The maximum Gasteiger partial charge on any atom is 0.0357 e. The Labute approximate surface area is 87.6 Å². The van der Waals surface area contributed by atoms with E-state index in [1.165, 1.54) is 5.56 Å². The molecule has 1 aromatic carbocycles. The number of nitrogen functional groups attached to an aromatic ring is 1. The normalized spacial score (nSPS) is 10.3. The molecule has 3 heteroatoms. The van der Waals surface area contributed by atoms with Crippen LogP contribution in [0.3, 0.4) is 0 Å². The van der Waals surface area contributed by atoms with Gasteiger partial charge < -0.3 is 11.1 Å². The lowest BCUT2D eigenvalue weighted by atomic mass is 10.1. The number of hydrogen-bond acceptors (Lipinski definition) is 2. The maximum absolute atomic E-state index is 5.85. The molecule has 0 saturated carbocycles. The Morgan fingerprint density at radius 2 is 2.23 bits per heavy atom. The monoisotopic (exact) mass is 242 g/mol. The highest BCUT2D eigenvalue weighted by molar-refractivity contribution is 9.10. The fraction of sp³-hybridized carbons (Fsp3) is 0.400. The van der Waals surface area contributed by atoms with Crippen LogP contribution >= 0.6 is 15.9 Å². The summed E-state index contributed by atoms with van der Waals surface area (Å²) in [5.41, 5.74) is 7.97. The summed E-state index contributed by atoms with van der Waals surface area (Å²) < 4.78 is 1.04. The zero-order chi connectivity index (χ0) is 9.68. The summed E-state index contributed by atoms with van der Waals surface area (Å²) in [4.78, 5) is 0. The molecule has 1 rings (SSSR count). The first kappa shape index (κ1) is 10.5. The summed E-state index contributed by atoms with van der Waals surface area (Å²) in [6.07, 6.45) is 2.17. The first-order valence-corrected chi connectivity index (χ1v) is 5.22. The third kappa shape index (κ3) is 3.36. The predicted octanol–water partition coefficient (Wildman–Crippen LogP) is 2.18. The van der Waals surface area contributed by atoms with E-state index in [0.29, 0.717) is 0 Å². The van der Waals surface area contributed by atoms with E-state index in [2.05, 4.69) is 27.3 Å². The second-order valence-corrected chi connectivity index (χ2v) is 3.97. The zero-order valence-corrected chi connectivity index (χ0v) is 9.39. The molecular formula is C10H15BrN2. The quantitative estimate of drug-likeness (QED) is 0.628. The van der Waals surface area contributed by atoms with Crippen LogP contribution in [0.25, 0.3) is 0 Å². The standard InChI is InChI=1S/C10H15BrN2/c1-13-6-2-3-8-4-5-9(11)7-10(8)12/h4-5,7,13H,2-3,6,12H2,1H3. The molecule has 2 nitrogen and oxygen atoms in total. The van der Waals surface area contributed by atoms with Gasteiger partial charge in [-0.2, -0.15) is 0 Å². The average Bonchev–Trinajstić information content (AvgIpc) is 2.09. The first-order chi connectivity index (χ1) is 6.24. The van der Waals surface area contributed by atoms with Crippen molar-refractivity contribution < 1.29 is 0 Å². The van der Waals surface area contributed by atoms with E-state index in [4.69, 9.17) is 5.73 Å². The number of anilines is 1. The minimum absolute atomic E-state index is 0.880. The third-order valence-corrected chi connectivity index (χ3v) is 2.47. The first-order valence-electron chi connectivity index (χ1n) is 4.42. The number of halogens is 1. The van der Waals surface area contributed by atoms with Gasteiger partial charge in [-0.15, -0.1) is 0 Å². The van der Waals surface area contributed by atoms with Gasteiger partial charge in [0, 0.05) is 10.2 Å². The maximum atomic E-state index is 5.85. The Hall–Kier alpha value is -0.540. The molecule has 72 valence electrons. The van der Waals surface area contributed by atoms with Crippen LogP contribution in [-0.2, 0) is 6.42 Å². The Morgan fingerprint density at radius 3 is 2.85 bits per heavy atom. The SMILES string of the molecule is CNCCCc1ccc(Br)cc1N. The molecule has 0 amide bonds. The molecule has 0 aromatic heterocycles. The van der Waals surface area contributed by atoms with E-state index >= 15 is 0 Å². The van der Waals surface area contributed by atoms with Crippen molar-refractivity contribution in [2.45, 2.75) is 12.8 Å². The number of rotatable bonds is 4.